The van der Waals surface area contributed by atoms with Crippen LogP contribution < -0.4 is 10.6 Å². The van der Waals surface area contributed by atoms with Crippen LogP contribution in [0.3, 0.4) is 0 Å². The fourth-order valence-corrected chi connectivity index (χ4v) is 2.83. The topological polar surface area (TPSA) is 49.3 Å². The van der Waals surface area contributed by atoms with E-state index in [0.717, 1.165) is 41.6 Å². The molecule has 3 rings (SSSR count). The van der Waals surface area contributed by atoms with E-state index < -0.39 is 0 Å². The van der Waals surface area contributed by atoms with Crippen molar-refractivity contribution >= 4 is 17.2 Å². The quantitative estimate of drug-likeness (QED) is 0.627. The van der Waals surface area contributed by atoms with Gasteiger partial charge < -0.3 is 10.6 Å². The van der Waals surface area contributed by atoms with Gasteiger partial charge in [-0.25, -0.2) is 0 Å². The van der Waals surface area contributed by atoms with Crippen LogP contribution in [0.25, 0.3) is 5.70 Å². The highest BCUT2D eigenvalue weighted by Crippen LogP contribution is 2.18. The Balaban J connectivity index is 0.00000145. The van der Waals surface area contributed by atoms with Gasteiger partial charge in [0.15, 0.2) is 0 Å². The molecule has 0 amide bonds. The number of nitrogens with zero attached hydrogens (tertiary/aromatic N) is 2. The Morgan fingerprint density at radius 2 is 1.76 bits per heavy atom. The molecule has 2 aromatic rings. The SMILES string of the molecule is C=C(Cc1ccc(NC(=C)c2ccccn2)cc1)NC1=NCC(C(C)C)=C1.CC. The number of hydrogen-bond donors (Lipinski definition) is 2. The predicted molar refractivity (Wildman–Crippen MR) is 126 cm³/mol. The van der Waals surface area contributed by atoms with Gasteiger partial charge in [-0.05, 0) is 47.4 Å². The number of pyridine rings is 1. The number of aromatic nitrogens is 1. The zero-order valence-electron chi connectivity index (χ0n) is 18.0. The summed E-state index contributed by atoms with van der Waals surface area (Å²) in [6.07, 6.45) is 4.65. The van der Waals surface area contributed by atoms with Gasteiger partial charge in [-0.2, -0.15) is 0 Å². The Hall–Kier alpha value is -3.14. The lowest BCUT2D eigenvalue weighted by molar-refractivity contribution is 0.754. The average molecular weight is 389 g/mol. The second kappa shape index (κ2) is 11.0. The van der Waals surface area contributed by atoms with Crippen LogP contribution in [0.2, 0.25) is 0 Å². The van der Waals surface area contributed by atoms with Crippen molar-refractivity contribution in [3.63, 3.8) is 0 Å². The van der Waals surface area contributed by atoms with E-state index in [1.165, 1.54) is 11.1 Å². The van der Waals surface area contributed by atoms with Crippen LogP contribution in [0.4, 0.5) is 5.69 Å². The number of anilines is 1. The fraction of sp³-hybridized carbons (Fsp3) is 0.280. The van der Waals surface area contributed by atoms with Crippen LogP contribution in [0.5, 0.6) is 0 Å². The molecule has 0 spiro atoms. The number of rotatable bonds is 7. The molecular weight excluding hydrogens is 356 g/mol. The number of aliphatic imine (C=N–C) groups is 1. The molecular formula is C25H32N4. The standard InChI is InChI=1S/C23H26N4.C2H6/c1-16(2)20-14-23(25-15-20)26-17(3)13-19-8-10-21(11-9-19)27-18(4)22-7-5-6-12-24-22;1-2/h5-12,14,16,27H,3-4,13,15H2,1-2H3,(H,25,26);1-2H3. The Morgan fingerprint density at radius 1 is 1.03 bits per heavy atom. The highest BCUT2D eigenvalue weighted by atomic mass is 15.0. The van der Waals surface area contributed by atoms with Crippen molar-refractivity contribution < 1.29 is 0 Å². The molecule has 1 aromatic carbocycles. The zero-order valence-corrected chi connectivity index (χ0v) is 18.0. The summed E-state index contributed by atoms with van der Waals surface area (Å²) in [7, 11) is 0. The molecule has 29 heavy (non-hydrogen) atoms. The minimum absolute atomic E-state index is 0.530. The van der Waals surface area contributed by atoms with E-state index in [1.807, 2.05) is 44.2 Å². The van der Waals surface area contributed by atoms with Gasteiger partial charge in [0.1, 0.15) is 5.84 Å². The lowest BCUT2D eigenvalue weighted by Crippen LogP contribution is -2.20. The molecule has 0 aliphatic carbocycles. The number of benzene rings is 1. The van der Waals surface area contributed by atoms with Crippen molar-refractivity contribution in [2.45, 2.75) is 34.1 Å². The van der Waals surface area contributed by atoms with Gasteiger partial charge in [-0.3, -0.25) is 9.98 Å². The summed E-state index contributed by atoms with van der Waals surface area (Å²) in [6.45, 7) is 17.4. The Labute approximate surface area is 175 Å². The maximum atomic E-state index is 4.52. The van der Waals surface area contributed by atoms with E-state index in [1.54, 1.807) is 6.20 Å². The maximum absolute atomic E-state index is 4.52. The minimum atomic E-state index is 0.530. The molecule has 0 saturated carbocycles. The summed E-state index contributed by atoms with van der Waals surface area (Å²) in [5, 5.41) is 6.61. The van der Waals surface area contributed by atoms with Gasteiger partial charge in [0.05, 0.1) is 17.9 Å². The monoisotopic (exact) mass is 388 g/mol. The smallest absolute Gasteiger partial charge is 0.125 e. The largest absolute Gasteiger partial charge is 0.354 e. The van der Waals surface area contributed by atoms with Crippen molar-refractivity contribution in [3.8, 4) is 0 Å². The third kappa shape index (κ3) is 6.75. The van der Waals surface area contributed by atoms with Gasteiger partial charge >= 0.3 is 0 Å². The molecule has 1 aromatic heterocycles. The molecule has 1 aliphatic heterocycles. The number of amidine groups is 1. The lowest BCUT2D eigenvalue weighted by Gasteiger charge is -2.11. The fourth-order valence-electron chi connectivity index (χ4n) is 2.83. The van der Waals surface area contributed by atoms with Gasteiger partial charge in [-0.1, -0.05) is 59.1 Å². The van der Waals surface area contributed by atoms with E-state index >= 15 is 0 Å². The van der Waals surface area contributed by atoms with Crippen LogP contribution in [0.1, 0.15) is 39.0 Å². The van der Waals surface area contributed by atoms with E-state index in [0.29, 0.717) is 5.92 Å². The van der Waals surface area contributed by atoms with Crippen molar-refractivity contribution in [2.24, 2.45) is 10.9 Å². The molecule has 0 bridgehead atoms. The van der Waals surface area contributed by atoms with Crippen molar-refractivity contribution in [1.29, 1.82) is 0 Å². The first kappa shape index (κ1) is 22.2. The predicted octanol–water partition coefficient (Wildman–Crippen LogP) is 5.83. The van der Waals surface area contributed by atoms with Crippen LogP contribution in [-0.4, -0.2) is 17.4 Å². The second-order valence-electron chi connectivity index (χ2n) is 7.00. The third-order valence-electron chi connectivity index (χ3n) is 4.44. The lowest BCUT2D eigenvalue weighted by atomic mass is 10.0. The molecule has 2 N–H and O–H groups in total. The van der Waals surface area contributed by atoms with Crippen molar-refractivity contribution in [1.82, 2.24) is 10.3 Å². The van der Waals surface area contributed by atoms with Crippen LogP contribution >= 0.6 is 0 Å². The van der Waals surface area contributed by atoms with E-state index in [4.69, 9.17) is 0 Å². The van der Waals surface area contributed by atoms with Gasteiger partial charge in [0.2, 0.25) is 0 Å². The summed E-state index contributed by atoms with van der Waals surface area (Å²) < 4.78 is 0. The molecule has 0 unspecified atom stereocenters. The highest BCUT2D eigenvalue weighted by Gasteiger charge is 2.11. The van der Waals surface area contributed by atoms with Crippen LogP contribution in [-0.2, 0) is 6.42 Å². The first-order chi connectivity index (χ1) is 14.0. The molecule has 4 heteroatoms. The van der Waals surface area contributed by atoms with Crippen LogP contribution in [0, 0.1) is 5.92 Å². The third-order valence-corrected chi connectivity index (χ3v) is 4.44. The van der Waals surface area contributed by atoms with Crippen molar-refractivity contribution in [2.75, 3.05) is 11.9 Å². The summed E-state index contributed by atoms with van der Waals surface area (Å²) in [5.74, 6) is 1.44. The Bertz CT molecular complexity index is 875. The van der Waals surface area contributed by atoms with Crippen molar-refractivity contribution in [3.05, 3.63) is 90.4 Å². The molecule has 0 saturated heterocycles. The summed E-state index contributed by atoms with van der Waals surface area (Å²) in [4.78, 5) is 8.82. The highest BCUT2D eigenvalue weighted by molar-refractivity contribution is 5.96. The summed E-state index contributed by atoms with van der Waals surface area (Å²) >= 11 is 0. The molecule has 1 aliphatic rings. The summed E-state index contributed by atoms with van der Waals surface area (Å²) in [6, 6.07) is 14.0. The van der Waals surface area contributed by atoms with Gasteiger partial charge in [0, 0.05) is 24.0 Å². The molecule has 2 heterocycles. The average Bonchev–Trinajstić information content (AvgIpc) is 3.20. The number of allylic oxidation sites excluding steroid dienone is 1. The molecule has 0 atom stereocenters. The first-order valence-corrected chi connectivity index (χ1v) is 10.2. The molecule has 152 valence electrons. The van der Waals surface area contributed by atoms with Gasteiger partial charge in [0.25, 0.3) is 0 Å². The first-order valence-electron chi connectivity index (χ1n) is 10.2. The number of nitrogens with one attached hydrogen (secondary N) is 2. The Morgan fingerprint density at radius 3 is 2.34 bits per heavy atom. The normalized spacial score (nSPS) is 12.4. The molecule has 4 nitrogen and oxygen atoms in total. The van der Waals surface area contributed by atoms with E-state index in [2.05, 4.69) is 65.8 Å². The van der Waals surface area contributed by atoms with E-state index in [-0.39, 0.29) is 0 Å². The maximum Gasteiger partial charge on any atom is 0.125 e. The summed E-state index contributed by atoms with van der Waals surface area (Å²) in [5.41, 5.74) is 6.08. The second-order valence-corrected chi connectivity index (χ2v) is 7.00. The minimum Gasteiger partial charge on any atom is -0.354 e. The zero-order chi connectivity index (χ0) is 21.2. The molecule has 0 radical (unpaired) electrons. The van der Waals surface area contributed by atoms with Crippen LogP contribution in [0.15, 0.2) is 84.2 Å². The van der Waals surface area contributed by atoms with E-state index in [9.17, 15) is 0 Å². The number of hydrogen-bond acceptors (Lipinski definition) is 4. The Kier molecular flexibility index (Phi) is 8.41. The molecule has 0 fully saturated rings. The van der Waals surface area contributed by atoms with Gasteiger partial charge in [-0.15, -0.1) is 0 Å².